The molecule has 92 valence electrons. The van der Waals surface area contributed by atoms with Crippen LogP contribution in [0.5, 0.6) is 0 Å². The monoisotopic (exact) mass is 233 g/mol. The van der Waals surface area contributed by atoms with Crippen molar-refractivity contribution in [1.82, 2.24) is 15.2 Å². The van der Waals surface area contributed by atoms with Crippen LogP contribution in [0.3, 0.4) is 0 Å². The normalized spacial score (nSPS) is 19.6. The first-order valence-electron chi connectivity index (χ1n) is 6.08. The molecule has 0 spiro atoms. The van der Waals surface area contributed by atoms with E-state index in [0.717, 1.165) is 31.7 Å². The van der Waals surface area contributed by atoms with Crippen molar-refractivity contribution in [3.8, 4) is 0 Å². The largest absolute Gasteiger partial charge is 0.337 e. The zero-order valence-corrected chi connectivity index (χ0v) is 10.4. The van der Waals surface area contributed by atoms with Crippen LogP contribution < -0.4 is 5.32 Å². The van der Waals surface area contributed by atoms with Gasteiger partial charge in [0.05, 0.1) is 0 Å². The van der Waals surface area contributed by atoms with Crippen LogP contribution in [0.1, 0.15) is 22.6 Å². The lowest BCUT2D eigenvalue weighted by atomic mass is 10.1. The summed E-state index contributed by atoms with van der Waals surface area (Å²) >= 11 is 0. The topological polar surface area (TPSA) is 45.2 Å². The SMILES string of the molecule is CNCC1CCN(C(=O)c2cccc(C)n2)C1. The molecule has 1 aromatic heterocycles. The molecule has 1 amide bonds. The predicted octanol–water partition coefficient (Wildman–Crippen LogP) is 1.07. The maximum atomic E-state index is 12.2. The van der Waals surface area contributed by atoms with E-state index < -0.39 is 0 Å². The van der Waals surface area contributed by atoms with E-state index in [0.29, 0.717) is 11.6 Å². The van der Waals surface area contributed by atoms with Crippen molar-refractivity contribution in [3.05, 3.63) is 29.6 Å². The van der Waals surface area contributed by atoms with Gasteiger partial charge in [-0.3, -0.25) is 4.79 Å². The average Bonchev–Trinajstić information content (AvgIpc) is 2.77. The summed E-state index contributed by atoms with van der Waals surface area (Å²) in [5.74, 6) is 0.640. The van der Waals surface area contributed by atoms with Gasteiger partial charge in [0.2, 0.25) is 0 Å². The van der Waals surface area contributed by atoms with Gasteiger partial charge in [-0.25, -0.2) is 4.98 Å². The van der Waals surface area contributed by atoms with Gasteiger partial charge in [-0.05, 0) is 45.0 Å². The molecule has 0 saturated carbocycles. The highest BCUT2D eigenvalue weighted by atomic mass is 16.2. The second-order valence-corrected chi connectivity index (χ2v) is 4.63. The molecule has 2 rings (SSSR count). The first-order valence-corrected chi connectivity index (χ1v) is 6.08. The Morgan fingerprint density at radius 2 is 2.41 bits per heavy atom. The highest BCUT2D eigenvalue weighted by Crippen LogP contribution is 2.17. The van der Waals surface area contributed by atoms with Crippen molar-refractivity contribution in [1.29, 1.82) is 0 Å². The second kappa shape index (κ2) is 5.27. The molecule has 0 bridgehead atoms. The number of nitrogens with zero attached hydrogens (tertiary/aromatic N) is 2. The van der Waals surface area contributed by atoms with Gasteiger partial charge in [-0.1, -0.05) is 6.07 Å². The van der Waals surface area contributed by atoms with Gasteiger partial charge in [0.15, 0.2) is 0 Å². The van der Waals surface area contributed by atoms with E-state index in [4.69, 9.17) is 0 Å². The van der Waals surface area contributed by atoms with Crippen molar-refractivity contribution in [2.45, 2.75) is 13.3 Å². The van der Waals surface area contributed by atoms with Crippen LogP contribution in [0.4, 0.5) is 0 Å². The molecular formula is C13H19N3O. The molecule has 0 aromatic carbocycles. The maximum absolute atomic E-state index is 12.2. The minimum Gasteiger partial charge on any atom is -0.337 e. The molecular weight excluding hydrogens is 214 g/mol. The average molecular weight is 233 g/mol. The number of pyridine rings is 1. The Bertz CT molecular complexity index is 405. The third kappa shape index (κ3) is 2.82. The highest BCUT2D eigenvalue weighted by molar-refractivity contribution is 5.92. The number of aromatic nitrogens is 1. The number of hydrogen-bond donors (Lipinski definition) is 1. The summed E-state index contributed by atoms with van der Waals surface area (Å²) in [4.78, 5) is 18.4. The number of carbonyl (C=O) groups is 1. The Hall–Kier alpha value is -1.42. The smallest absolute Gasteiger partial charge is 0.272 e. The lowest BCUT2D eigenvalue weighted by Gasteiger charge is -2.16. The number of rotatable bonds is 3. The van der Waals surface area contributed by atoms with E-state index in [1.54, 1.807) is 6.07 Å². The van der Waals surface area contributed by atoms with Crippen molar-refractivity contribution in [2.24, 2.45) is 5.92 Å². The second-order valence-electron chi connectivity index (χ2n) is 4.63. The fourth-order valence-electron chi connectivity index (χ4n) is 2.30. The molecule has 0 radical (unpaired) electrons. The van der Waals surface area contributed by atoms with Crippen molar-refractivity contribution >= 4 is 5.91 Å². The molecule has 4 nitrogen and oxygen atoms in total. The first-order chi connectivity index (χ1) is 8.20. The third-order valence-corrected chi connectivity index (χ3v) is 3.17. The zero-order chi connectivity index (χ0) is 12.3. The Balaban J connectivity index is 2.02. The van der Waals surface area contributed by atoms with Gasteiger partial charge >= 0.3 is 0 Å². The molecule has 1 aliphatic rings. The van der Waals surface area contributed by atoms with Crippen LogP contribution >= 0.6 is 0 Å². The van der Waals surface area contributed by atoms with Crippen molar-refractivity contribution < 1.29 is 4.79 Å². The Morgan fingerprint density at radius 1 is 1.59 bits per heavy atom. The summed E-state index contributed by atoms with van der Waals surface area (Å²) in [6.07, 6.45) is 1.08. The van der Waals surface area contributed by atoms with Crippen LogP contribution in [0.15, 0.2) is 18.2 Å². The van der Waals surface area contributed by atoms with Gasteiger partial charge in [0.25, 0.3) is 5.91 Å². The van der Waals surface area contributed by atoms with Gasteiger partial charge in [0, 0.05) is 18.8 Å². The standard InChI is InChI=1S/C13H19N3O/c1-10-4-3-5-12(15-10)13(17)16-7-6-11(9-16)8-14-2/h3-5,11,14H,6-9H2,1-2H3. The van der Waals surface area contributed by atoms with Crippen LogP contribution in [-0.4, -0.2) is 42.5 Å². The number of hydrogen-bond acceptors (Lipinski definition) is 3. The van der Waals surface area contributed by atoms with Crippen LogP contribution in [0, 0.1) is 12.8 Å². The molecule has 2 heterocycles. The Labute approximate surface area is 102 Å². The molecule has 1 atom stereocenters. The summed E-state index contributed by atoms with van der Waals surface area (Å²) in [5, 5.41) is 3.16. The first kappa shape index (κ1) is 12.0. The fourth-order valence-corrected chi connectivity index (χ4v) is 2.30. The summed E-state index contributed by atoms with van der Waals surface area (Å²) in [6, 6.07) is 5.59. The molecule has 17 heavy (non-hydrogen) atoms. The molecule has 1 aliphatic heterocycles. The molecule has 0 aliphatic carbocycles. The summed E-state index contributed by atoms with van der Waals surface area (Å²) in [7, 11) is 1.95. The molecule has 1 N–H and O–H groups in total. The minimum absolute atomic E-state index is 0.0623. The van der Waals surface area contributed by atoms with Gasteiger partial charge in [-0.2, -0.15) is 0 Å². The quantitative estimate of drug-likeness (QED) is 0.849. The van der Waals surface area contributed by atoms with E-state index >= 15 is 0 Å². The van der Waals surface area contributed by atoms with Crippen LogP contribution in [-0.2, 0) is 0 Å². The predicted molar refractivity (Wildman–Crippen MR) is 66.9 cm³/mol. The summed E-state index contributed by atoms with van der Waals surface area (Å²) < 4.78 is 0. The van der Waals surface area contributed by atoms with E-state index in [-0.39, 0.29) is 5.91 Å². The lowest BCUT2D eigenvalue weighted by molar-refractivity contribution is 0.0781. The lowest BCUT2D eigenvalue weighted by Crippen LogP contribution is -2.31. The summed E-state index contributed by atoms with van der Waals surface area (Å²) in [6.45, 7) is 4.58. The van der Waals surface area contributed by atoms with E-state index in [2.05, 4.69) is 10.3 Å². The maximum Gasteiger partial charge on any atom is 0.272 e. The van der Waals surface area contributed by atoms with Crippen molar-refractivity contribution in [2.75, 3.05) is 26.7 Å². The summed E-state index contributed by atoms with van der Waals surface area (Å²) in [5.41, 5.74) is 1.46. The number of likely N-dealkylation sites (tertiary alicyclic amines) is 1. The Kier molecular flexibility index (Phi) is 3.74. The fraction of sp³-hybridized carbons (Fsp3) is 0.538. The number of amides is 1. The number of aryl methyl sites for hydroxylation is 1. The van der Waals surface area contributed by atoms with Gasteiger partial charge in [0.1, 0.15) is 5.69 Å². The third-order valence-electron chi connectivity index (χ3n) is 3.17. The molecule has 1 saturated heterocycles. The minimum atomic E-state index is 0.0623. The number of carbonyl (C=O) groups excluding carboxylic acids is 1. The molecule has 1 aromatic rings. The van der Waals surface area contributed by atoms with E-state index in [9.17, 15) is 4.79 Å². The van der Waals surface area contributed by atoms with E-state index in [1.807, 2.05) is 31.0 Å². The zero-order valence-electron chi connectivity index (χ0n) is 10.4. The van der Waals surface area contributed by atoms with Gasteiger partial charge in [-0.15, -0.1) is 0 Å². The van der Waals surface area contributed by atoms with E-state index in [1.165, 1.54) is 0 Å². The molecule has 4 heteroatoms. The van der Waals surface area contributed by atoms with Gasteiger partial charge < -0.3 is 10.2 Å². The molecule has 1 fully saturated rings. The Morgan fingerprint density at radius 3 is 3.12 bits per heavy atom. The van der Waals surface area contributed by atoms with Crippen molar-refractivity contribution in [3.63, 3.8) is 0 Å². The van der Waals surface area contributed by atoms with Crippen LogP contribution in [0.25, 0.3) is 0 Å². The van der Waals surface area contributed by atoms with Crippen LogP contribution in [0.2, 0.25) is 0 Å². The number of nitrogens with one attached hydrogen (secondary N) is 1. The molecule has 1 unspecified atom stereocenters. The highest BCUT2D eigenvalue weighted by Gasteiger charge is 2.26.